The van der Waals surface area contributed by atoms with Crippen molar-refractivity contribution in [2.75, 3.05) is 33.4 Å². The van der Waals surface area contributed by atoms with E-state index in [9.17, 15) is 4.79 Å². The number of nitrogens with zero attached hydrogens (tertiary/aromatic N) is 1. The lowest BCUT2D eigenvalue weighted by atomic mass is 10.1. The molecule has 162 valence electrons. The second kappa shape index (κ2) is 12.4. The Hall–Kier alpha value is -2.37. The minimum atomic E-state index is 0.0929. The van der Waals surface area contributed by atoms with Crippen LogP contribution < -0.4 is 10.1 Å². The Morgan fingerprint density at radius 3 is 2.67 bits per heavy atom. The summed E-state index contributed by atoms with van der Waals surface area (Å²) in [7, 11) is 2.16. The maximum Gasteiger partial charge on any atom is 0.220 e. The van der Waals surface area contributed by atoms with Gasteiger partial charge in [-0.3, -0.25) is 9.69 Å². The fourth-order valence-electron chi connectivity index (χ4n) is 3.75. The molecule has 0 atom stereocenters. The van der Waals surface area contributed by atoms with Crippen molar-refractivity contribution in [3.8, 4) is 5.75 Å². The molecular weight excluding hydrogens is 376 g/mol. The number of nitrogens with one attached hydrogen (secondary N) is 1. The first-order valence-corrected chi connectivity index (χ1v) is 11.0. The van der Waals surface area contributed by atoms with Crippen LogP contribution in [0.2, 0.25) is 0 Å². The maximum atomic E-state index is 12.1. The van der Waals surface area contributed by atoms with Gasteiger partial charge in [0.15, 0.2) is 0 Å². The van der Waals surface area contributed by atoms with Crippen molar-refractivity contribution < 1.29 is 14.3 Å². The highest BCUT2D eigenvalue weighted by Gasteiger charge is 2.17. The highest BCUT2D eigenvalue weighted by Crippen LogP contribution is 2.15. The molecule has 0 saturated carbocycles. The Morgan fingerprint density at radius 1 is 1.10 bits per heavy atom. The number of benzene rings is 2. The fourth-order valence-corrected chi connectivity index (χ4v) is 3.75. The molecule has 0 aromatic heterocycles. The van der Waals surface area contributed by atoms with Crippen LogP contribution in [0.25, 0.3) is 0 Å². The van der Waals surface area contributed by atoms with Gasteiger partial charge in [0.2, 0.25) is 5.91 Å². The maximum absolute atomic E-state index is 12.1. The zero-order valence-electron chi connectivity index (χ0n) is 18.0. The fraction of sp³-hybridized carbons (Fsp3) is 0.480. The van der Waals surface area contributed by atoms with Gasteiger partial charge in [-0.05, 0) is 56.0 Å². The van der Waals surface area contributed by atoms with Crippen molar-refractivity contribution in [2.45, 2.75) is 44.7 Å². The van der Waals surface area contributed by atoms with Crippen LogP contribution in [-0.2, 0) is 22.5 Å². The number of hydrogen-bond acceptors (Lipinski definition) is 4. The topological polar surface area (TPSA) is 50.8 Å². The number of likely N-dealkylation sites (N-methyl/N-ethyl adjacent to an activating group) is 1. The molecule has 0 radical (unpaired) electrons. The molecule has 1 aliphatic rings. The Bertz CT molecular complexity index is 760. The van der Waals surface area contributed by atoms with Gasteiger partial charge in [-0.1, -0.05) is 42.5 Å². The molecule has 0 aliphatic carbocycles. The standard InChI is InChI=1S/C25H34N2O3/c1-27(23-13-16-29-17-14-23)15-18-30-24-11-5-10-22(19-24)20-26-25(28)12-6-9-21-7-3-2-4-8-21/h2-5,7-8,10-11,19,23H,6,9,12-18,20H2,1H3,(H,26,28). The monoisotopic (exact) mass is 410 g/mol. The van der Waals surface area contributed by atoms with Crippen molar-refractivity contribution in [1.29, 1.82) is 0 Å². The summed E-state index contributed by atoms with van der Waals surface area (Å²) in [6, 6.07) is 18.9. The summed E-state index contributed by atoms with van der Waals surface area (Å²) in [5.41, 5.74) is 2.33. The molecule has 0 unspecified atom stereocenters. The van der Waals surface area contributed by atoms with Crippen molar-refractivity contribution in [3.05, 3.63) is 65.7 Å². The van der Waals surface area contributed by atoms with Gasteiger partial charge in [-0.25, -0.2) is 0 Å². The van der Waals surface area contributed by atoms with Gasteiger partial charge >= 0.3 is 0 Å². The van der Waals surface area contributed by atoms with Gasteiger partial charge < -0.3 is 14.8 Å². The second-order valence-electron chi connectivity index (χ2n) is 7.94. The number of amides is 1. The lowest BCUT2D eigenvalue weighted by Crippen LogP contribution is -2.38. The largest absolute Gasteiger partial charge is 0.492 e. The molecule has 1 N–H and O–H groups in total. The number of ether oxygens (including phenoxy) is 2. The van der Waals surface area contributed by atoms with Crippen LogP contribution >= 0.6 is 0 Å². The minimum Gasteiger partial charge on any atom is -0.492 e. The molecule has 5 heteroatoms. The molecule has 1 heterocycles. The average molecular weight is 411 g/mol. The highest BCUT2D eigenvalue weighted by atomic mass is 16.5. The Labute approximate surface area is 180 Å². The van der Waals surface area contributed by atoms with E-state index < -0.39 is 0 Å². The first kappa shape index (κ1) is 22.3. The van der Waals surface area contributed by atoms with E-state index in [1.807, 2.05) is 42.5 Å². The van der Waals surface area contributed by atoms with Crippen molar-refractivity contribution in [2.24, 2.45) is 0 Å². The van der Waals surface area contributed by atoms with Crippen LogP contribution in [0.4, 0.5) is 0 Å². The summed E-state index contributed by atoms with van der Waals surface area (Å²) in [5, 5.41) is 3.02. The summed E-state index contributed by atoms with van der Waals surface area (Å²) in [4.78, 5) is 14.5. The first-order chi connectivity index (χ1) is 14.7. The van der Waals surface area contributed by atoms with Crippen molar-refractivity contribution in [1.82, 2.24) is 10.2 Å². The number of aryl methyl sites for hydroxylation is 1. The third-order valence-electron chi connectivity index (χ3n) is 5.63. The molecule has 30 heavy (non-hydrogen) atoms. The van der Waals surface area contributed by atoms with E-state index in [4.69, 9.17) is 9.47 Å². The molecule has 0 spiro atoms. The van der Waals surface area contributed by atoms with E-state index in [1.165, 1.54) is 5.56 Å². The van der Waals surface area contributed by atoms with Crippen molar-refractivity contribution in [3.63, 3.8) is 0 Å². The zero-order valence-corrected chi connectivity index (χ0v) is 18.0. The summed E-state index contributed by atoms with van der Waals surface area (Å²) in [5.74, 6) is 0.946. The van der Waals surface area contributed by atoms with Crippen molar-refractivity contribution >= 4 is 5.91 Å². The summed E-state index contributed by atoms with van der Waals surface area (Å²) >= 11 is 0. The van der Waals surface area contributed by atoms with Crippen LogP contribution in [0.3, 0.4) is 0 Å². The van der Waals surface area contributed by atoms with Crippen LogP contribution in [0, 0.1) is 0 Å². The molecule has 0 bridgehead atoms. The lowest BCUT2D eigenvalue weighted by Gasteiger charge is -2.31. The minimum absolute atomic E-state index is 0.0929. The van der Waals surface area contributed by atoms with Gasteiger partial charge in [-0.2, -0.15) is 0 Å². The molecule has 1 fully saturated rings. The normalized spacial score (nSPS) is 14.6. The Morgan fingerprint density at radius 2 is 1.87 bits per heavy atom. The van der Waals surface area contributed by atoms with Gasteiger partial charge in [0, 0.05) is 38.8 Å². The van der Waals surface area contributed by atoms with E-state index in [2.05, 4.69) is 29.4 Å². The summed E-state index contributed by atoms with van der Waals surface area (Å²) < 4.78 is 11.4. The number of rotatable bonds is 11. The SMILES string of the molecule is CN(CCOc1cccc(CNC(=O)CCCc2ccccc2)c1)C1CCOCC1. The number of carbonyl (C=O) groups excluding carboxylic acids is 1. The second-order valence-corrected chi connectivity index (χ2v) is 7.94. The smallest absolute Gasteiger partial charge is 0.220 e. The van der Waals surface area contributed by atoms with E-state index in [-0.39, 0.29) is 5.91 Å². The molecule has 5 nitrogen and oxygen atoms in total. The van der Waals surface area contributed by atoms with Gasteiger partial charge in [0.1, 0.15) is 12.4 Å². The third-order valence-corrected chi connectivity index (χ3v) is 5.63. The third kappa shape index (κ3) is 7.81. The molecule has 3 rings (SSSR count). The zero-order chi connectivity index (χ0) is 21.0. The highest BCUT2D eigenvalue weighted by molar-refractivity contribution is 5.75. The van der Waals surface area contributed by atoms with Crippen LogP contribution in [0.15, 0.2) is 54.6 Å². The van der Waals surface area contributed by atoms with Gasteiger partial charge in [-0.15, -0.1) is 0 Å². The lowest BCUT2D eigenvalue weighted by molar-refractivity contribution is -0.121. The Kier molecular flexibility index (Phi) is 9.19. The van der Waals surface area contributed by atoms with Crippen LogP contribution in [0.1, 0.15) is 36.8 Å². The average Bonchev–Trinajstić information content (AvgIpc) is 2.79. The molecule has 1 aliphatic heterocycles. The van der Waals surface area contributed by atoms with E-state index in [1.54, 1.807) is 0 Å². The van der Waals surface area contributed by atoms with E-state index in [0.29, 0.717) is 25.6 Å². The number of hydrogen-bond donors (Lipinski definition) is 1. The molecule has 2 aromatic carbocycles. The molecule has 1 amide bonds. The van der Waals surface area contributed by atoms with Crippen LogP contribution in [-0.4, -0.2) is 50.3 Å². The molecule has 1 saturated heterocycles. The predicted molar refractivity (Wildman–Crippen MR) is 120 cm³/mol. The quantitative estimate of drug-likeness (QED) is 0.612. The van der Waals surface area contributed by atoms with Gasteiger partial charge in [0.25, 0.3) is 0 Å². The summed E-state index contributed by atoms with van der Waals surface area (Å²) in [6.45, 7) is 3.80. The van der Waals surface area contributed by atoms with Crippen LogP contribution in [0.5, 0.6) is 5.75 Å². The molecule has 2 aromatic rings. The van der Waals surface area contributed by atoms with E-state index >= 15 is 0 Å². The first-order valence-electron chi connectivity index (χ1n) is 11.0. The predicted octanol–water partition coefficient (Wildman–Crippen LogP) is 3.82. The van der Waals surface area contributed by atoms with E-state index in [0.717, 1.165) is 56.8 Å². The summed E-state index contributed by atoms with van der Waals surface area (Å²) in [6.07, 6.45) is 4.53. The van der Waals surface area contributed by atoms with Gasteiger partial charge in [0.05, 0.1) is 0 Å². The number of carbonyl (C=O) groups is 1. The Balaban J connectivity index is 1.33. The molecular formula is C25H34N2O3.